The van der Waals surface area contributed by atoms with E-state index >= 15 is 0 Å². The van der Waals surface area contributed by atoms with Crippen molar-refractivity contribution in [3.05, 3.63) is 0 Å². The van der Waals surface area contributed by atoms with Crippen LogP contribution in [-0.2, 0) is 4.79 Å². The second-order valence-corrected chi connectivity index (χ2v) is 5.63. The van der Waals surface area contributed by atoms with E-state index in [2.05, 4.69) is 17.6 Å². The van der Waals surface area contributed by atoms with Gasteiger partial charge in [-0.2, -0.15) is 0 Å². The predicted molar refractivity (Wildman–Crippen MR) is 76.6 cm³/mol. The molecule has 106 valence electrons. The first-order valence-electron chi connectivity index (χ1n) is 7.75. The Labute approximate surface area is 112 Å². The van der Waals surface area contributed by atoms with Gasteiger partial charge in [-0.25, -0.2) is 0 Å². The molecule has 0 aromatic rings. The van der Waals surface area contributed by atoms with Crippen molar-refractivity contribution >= 4 is 5.91 Å². The highest BCUT2D eigenvalue weighted by atomic mass is 16.2. The molecule has 1 unspecified atom stereocenters. The second kappa shape index (κ2) is 9.37. The summed E-state index contributed by atoms with van der Waals surface area (Å²) in [5, 5.41) is 6.38. The topological polar surface area (TPSA) is 41.1 Å². The van der Waals surface area contributed by atoms with Gasteiger partial charge in [-0.1, -0.05) is 39.0 Å². The third-order valence-corrected chi connectivity index (χ3v) is 3.91. The van der Waals surface area contributed by atoms with Crippen LogP contribution in [0, 0.1) is 5.92 Å². The smallest absolute Gasteiger partial charge is 0.236 e. The predicted octanol–water partition coefficient (Wildman–Crippen LogP) is 2.85. The molecule has 1 saturated carbocycles. The Morgan fingerprint density at radius 1 is 1.22 bits per heavy atom. The molecule has 1 rings (SSSR count). The maximum Gasteiger partial charge on any atom is 0.236 e. The zero-order valence-corrected chi connectivity index (χ0v) is 12.1. The van der Waals surface area contributed by atoms with Crippen LogP contribution in [-0.4, -0.2) is 25.0 Å². The molecule has 3 nitrogen and oxygen atoms in total. The molecule has 1 fully saturated rings. The SMILES string of the molecule is CCCCCNC(=O)C(C)NCC1CCCCC1. The van der Waals surface area contributed by atoms with E-state index in [0.717, 1.165) is 25.4 Å². The largest absolute Gasteiger partial charge is 0.355 e. The number of nitrogens with one attached hydrogen (secondary N) is 2. The highest BCUT2D eigenvalue weighted by Crippen LogP contribution is 2.22. The van der Waals surface area contributed by atoms with Crippen LogP contribution in [0.5, 0.6) is 0 Å². The lowest BCUT2D eigenvalue weighted by Crippen LogP contribution is -2.44. The fourth-order valence-corrected chi connectivity index (χ4v) is 2.57. The number of unbranched alkanes of at least 4 members (excludes halogenated alkanes) is 2. The highest BCUT2D eigenvalue weighted by molar-refractivity contribution is 5.81. The summed E-state index contributed by atoms with van der Waals surface area (Å²) in [7, 11) is 0. The van der Waals surface area contributed by atoms with Crippen LogP contribution in [0.1, 0.15) is 65.2 Å². The molecule has 0 aromatic carbocycles. The first kappa shape index (κ1) is 15.5. The summed E-state index contributed by atoms with van der Waals surface area (Å²) in [4.78, 5) is 11.8. The van der Waals surface area contributed by atoms with Gasteiger partial charge in [-0.05, 0) is 38.6 Å². The van der Waals surface area contributed by atoms with E-state index in [1.165, 1.54) is 44.9 Å². The van der Waals surface area contributed by atoms with Gasteiger partial charge in [-0.15, -0.1) is 0 Å². The molecule has 2 N–H and O–H groups in total. The fourth-order valence-electron chi connectivity index (χ4n) is 2.57. The summed E-state index contributed by atoms with van der Waals surface area (Å²) in [5.41, 5.74) is 0. The lowest BCUT2D eigenvalue weighted by molar-refractivity contribution is -0.122. The average Bonchev–Trinajstić information content (AvgIpc) is 2.42. The van der Waals surface area contributed by atoms with E-state index in [9.17, 15) is 4.79 Å². The summed E-state index contributed by atoms with van der Waals surface area (Å²) in [5.74, 6) is 0.941. The third kappa shape index (κ3) is 6.39. The maximum atomic E-state index is 11.8. The minimum absolute atomic E-state index is 0.0476. The van der Waals surface area contributed by atoms with E-state index in [-0.39, 0.29) is 11.9 Å². The molecule has 1 amide bonds. The molecule has 0 heterocycles. The van der Waals surface area contributed by atoms with Gasteiger partial charge in [0.05, 0.1) is 6.04 Å². The van der Waals surface area contributed by atoms with Crippen LogP contribution in [0.15, 0.2) is 0 Å². The molecule has 3 heteroatoms. The van der Waals surface area contributed by atoms with Gasteiger partial charge >= 0.3 is 0 Å². The molecule has 1 aliphatic rings. The Morgan fingerprint density at radius 3 is 2.61 bits per heavy atom. The van der Waals surface area contributed by atoms with Crippen LogP contribution in [0.3, 0.4) is 0 Å². The second-order valence-electron chi connectivity index (χ2n) is 5.63. The molecule has 0 aromatic heterocycles. The molecule has 0 spiro atoms. The van der Waals surface area contributed by atoms with Gasteiger partial charge in [0.2, 0.25) is 5.91 Å². The molecule has 0 aliphatic heterocycles. The summed E-state index contributed by atoms with van der Waals surface area (Å²) >= 11 is 0. The molecule has 18 heavy (non-hydrogen) atoms. The molecular weight excluding hydrogens is 224 g/mol. The van der Waals surface area contributed by atoms with E-state index < -0.39 is 0 Å². The van der Waals surface area contributed by atoms with E-state index in [0.29, 0.717) is 0 Å². The number of carbonyl (C=O) groups excluding carboxylic acids is 1. The lowest BCUT2D eigenvalue weighted by atomic mass is 9.89. The van der Waals surface area contributed by atoms with E-state index in [1.807, 2.05) is 6.92 Å². The van der Waals surface area contributed by atoms with Crippen LogP contribution in [0.4, 0.5) is 0 Å². The van der Waals surface area contributed by atoms with Crippen LogP contribution >= 0.6 is 0 Å². The molecule has 0 bridgehead atoms. The summed E-state index contributed by atoms with van der Waals surface area (Å²) in [6, 6.07) is -0.0476. The quantitative estimate of drug-likeness (QED) is 0.654. The first-order valence-corrected chi connectivity index (χ1v) is 7.75. The number of hydrogen-bond donors (Lipinski definition) is 2. The van der Waals surface area contributed by atoms with E-state index in [1.54, 1.807) is 0 Å². The van der Waals surface area contributed by atoms with Crippen molar-refractivity contribution in [1.82, 2.24) is 10.6 Å². The first-order chi connectivity index (χ1) is 8.74. The van der Waals surface area contributed by atoms with Gasteiger partial charge in [0.1, 0.15) is 0 Å². The van der Waals surface area contributed by atoms with Gasteiger partial charge in [-0.3, -0.25) is 4.79 Å². The average molecular weight is 254 g/mol. The Hall–Kier alpha value is -0.570. The van der Waals surface area contributed by atoms with Gasteiger partial charge in [0, 0.05) is 6.54 Å². The normalized spacial score (nSPS) is 18.6. The number of amides is 1. The van der Waals surface area contributed by atoms with Crippen LogP contribution in [0.2, 0.25) is 0 Å². The van der Waals surface area contributed by atoms with Crippen molar-refractivity contribution in [2.45, 2.75) is 71.3 Å². The van der Waals surface area contributed by atoms with Crippen molar-refractivity contribution in [3.63, 3.8) is 0 Å². The third-order valence-electron chi connectivity index (χ3n) is 3.91. The highest BCUT2D eigenvalue weighted by Gasteiger charge is 2.16. The minimum atomic E-state index is -0.0476. The molecule has 1 atom stereocenters. The van der Waals surface area contributed by atoms with Crippen molar-refractivity contribution in [2.75, 3.05) is 13.1 Å². The number of hydrogen-bond acceptors (Lipinski definition) is 2. The Morgan fingerprint density at radius 2 is 1.94 bits per heavy atom. The van der Waals surface area contributed by atoms with Gasteiger partial charge in [0.15, 0.2) is 0 Å². The summed E-state index contributed by atoms with van der Waals surface area (Å²) in [6.45, 7) is 5.97. The van der Waals surface area contributed by atoms with Crippen molar-refractivity contribution in [1.29, 1.82) is 0 Å². The molecular formula is C15H30N2O. The molecule has 1 aliphatic carbocycles. The summed E-state index contributed by atoms with van der Waals surface area (Å²) in [6.07, 6.45) is 10.3. The maximum absolute atomic E-state index is 11.8. The van der Waals surface area contributed by atoms with Gasteiger partial charge in [0.25, 0.3) is 0 Å². The standard InChI is InChI=1S/C15H30N2O/c1-3-4-8-11-16-15(18)13(2)17-12-14-9-6-5-7-10-14/h13-14,17H,3-12H2,1-2H3,(H,16,18). The number of carbonyl (C=O) groups is 1. The monoisotopic (exact) mass is 254 g/mol. The lowest BCUT2D eigenvalue weighted by Gasteiger charge is -2.23. The van der Waals surface area contributed by atoms with E-state index in [4.69, 9.17) is 0 Å². The Balaban J connectivity index is 2.07. The Kier molecular flexibility index (Phi) is 8.06. The number of rotatable bonds is 8. The van der Waals surface area contributed by atoms with Crippen molar-refractivity contribution < 1.29 is 4.79 Å². The van der Waals surface area contributed by atoms with Crippen molar-refractivity contribution in [2.24, 2.45) is 5.92 Å². The summed E-state index contributed by atoms with van der Waals surface area (Å²) < 4.78 is 0. The molecule has 0 radical (unpaired) electrons. The van der Waals surface area contributed by atoms with Crippen LogP contribution in [0.25, 0.3) is 0 Å². The zero-order valence-electron chi connectivity index (χ0n) is 12.1. The zero-order chi connectivity index (χ0) is 13.2. The minimum Gasteiger partial charge on any atom is -0.355 e. The Bertz CT molecular complexity index is 225. The van der Waals surface area contributed by atoms with Gasteiger partial charge < -0.3 is 10.6 Å². The van der Waals surface area contributed by atoms with Crippen LogP contribution < -0.4 is 10.6 Å². The molecule has 0 saturated heterocycles. The fraction of sp³-hybridized carbons (Fsp3) is 0.933. The van der Waals surface area contributed by atoms with Crippen molar-refractivity contribution in [3.8, 4) is 0 Å².